The number of nitrogens with two attached hydrogens (primary N) is 1. The molecule has 0 aliphatic heterocycles. The fourth-order valence-corrected chi connectivity index (χ4v) is 2.14. The number of hydrogen-bond donors (Lipinski definition) is 1. The molecule has 0 fully saturated rings. The Kier molecular flexibility index (Phi) is 1.72. The fourth-order valence-electron chi connectivity index (χ4n) is 2.14. The van der Waals surface area contributed by atoms with Crippen LogP contribution in [-0.2, 0) is 0 Å². The summed E-state index contributed by atoms with van der Waals surface area (Å²) < 4.78 is 1.66. The lowest BCUT2D eigenvalue weighted by atomic mass is 10.1. The van der Waals surface area contributed by atoms with E-state index >= 15 is 0 Å². The van der Waals surface area contributed by atoms with Crippen molar-refractivity contribution in [1.29, 1.82) is 0 Å². The van der Waals surface area contributed by atoms with Crippen molar-refractivity contribution in [2.24, 2.45) is 0 Å². The number of nitrogen functional groups attached to an aromatic ring is 1. The summed E-state index contributed by atoms with van der Waals surface area (Å²) in [5.74, 6) is 6.03. The topological polar surface area (TPSA) is 43.8 Å². The summed E-state index contributed by atoms with van der Waals surface area (Å²) >= 11 is 0. The van der Waals surface area contributed by atoms with Gasteiger partial charge < -0.3 is 5.84 Å². The van der Waals surface area contributed by atoms with Crippen molar-refractivity contribution >= 4 is 21.9 Å². The third-order valence-electron chi connectivity index (χ3n) is 2.93. The van der Waals surface area contributed by atoms with Crippen LogP contribution in [0.2, 0.25) is 0 Å². The maximum absolute atomic E-state index is 6.03. The number of aromatic nitrogens is 2. The minimum absolute atomic E-state index is 0.839. The molecule has 0 aliphatic rings. The van der Waals surface area contributed by atoms with Gasteiger partial charge >= 0.3 is 0 Å². The van der Waals surface area contributed by atoms with Crippen molar-refractivity contribution in [2.45, 2.75) is 13.8 Å². The van der Waals surface area contributed by atoms with Crippen LogP contribution in [0.1, 0.15) is 11.1 Å². The van der Waals surface area contributed by atoms with Gasteiger partial charge in [0.15, 0.2) is 5.65 Å². The molecule has 2 aromatic heterocycles. The van der Waals surface area contributed by atoms with E-state index in [1.807, 2.05) is 19.2 Å². The average Bonchev–Trinajstić information content (AvgIpc) is 2.52. The van der Waals surface area contributed by atoms with E-state index in [2.05, 4.69) is 30.1 Å². The quantitative estimate of drug-likeness (QED) is 0.581. The summed E-state index contributed by atoms with van der Waals surface area (Å²) in [6.07, 6.45) is 1.84. The molecule has 2 N–H and O–H groups in total. The summed E-state index contributed by atoms with van der Waals surface area (Å²) in [5, 5.41) is 2.30. The number of aryl methyl sites for hydroxylation is 2. The van der Waals surface area contributed by atoms with E-state index in [-0.39, 0.29) is 0 Å². The molecule has 1 aromatic carbocycles. The molecule has 16 heavy (non-hydrogen) atoms. The normalized spacial score (nSPS) is 11.4. The Hall–Kier alpha value is -2.03. The van der Waals surface area contributed by atoms with Crippen molar-refractivity contribution in [1.82, 2.24) is 9.66 Å². The second-order valence-corrected chi connectivity index (χ2v) is 4.27. The molecule has 0 radical (unpaired) electrons. The van der Waals surface area contributed by atoms with E-state index in [4.69, 9.17) is 5.84 Å². The molecule has 2 heterocycles. The highest BCUT2D eigenvalue weighted by molar-refractivity contribution is 6.07. The van der Waals surface area contributed by atoms with Gasteiger partial charge in [-0.25, -0.2) is 9.66 Å². The van der Waals surface area contributed by atoms with Crippen LogP contribution in [0.5, 0.6) is 0 Å². The molecule has 0 saturated heterocycles. The number of hydrogen-bond acceptors (Lipinski definition) is 2. The second-order valence-electron chi connectivity index (χ2n) is 4.27. The van der Waals surface area contributed by atoms with Gasteiger partial charge in [-0.15, -0.1) is 0 Å². The number of nitrogens with zero attached hydrogens (tertiary/aromatic N) is 2. The lowest BCUT2D eigenvalue weighted by Gasteiger charge is -1.96. The lowest BCUT2D eigenvalue weighted by molar-refractivity contribution is 1.08. The molecule has 0 atom stereocenters. The Morgan fingerprint density at radius 3 is 2.62 bits per heavy atom. The third kappa shape index (κ3) is 1.11. The number of pyridine rings is 1. The number of benzene rings is 1. The SMILES string of the molecule is Cc1ccc2c(c1)c1cc(C)cnc1n2N. The molecule has 0 spiro atoms. The maximum Gasteiger partial charge on any atom is 0.159 e. The van der Waals surface area contributed by atoms with Gasteiger partial charge in [-0.3, -0.25) is 0 Å². The molecule has 80 valence electrons. The lowest BCUT2D eigenvalue weighted by Crippen LogP contribution is -2.07. The standard InChI is InChI=1S/C13H13N3/c1-8-3-4-12-10(5-8)11-6-9(2)7-15-13(11)16(12)14/h3-7H,14H2,1-2H3. The molecule has 3 nitrogen and oxygen atoms in total. The van der Waals surface area contributed by atoms with Crippen LogP contribution in [0.25, 0.3) is 21.9 Å². The zero-order valence-corrected chi connectivity index (χ0v) is 9.36. The third-order valence-corrected chi connectivity index (χ3v) is 2.93. The molecular formula is C13H13N3. The van der Waals surface area contributed by atoms with Gasteiger partial charge in [0, 0.05) is 17.0 Å². The van der Waals surface area contributed by atoms with Gasteiger partial charge in [-0.2, -0.15) is 0 Å². The fraction of sp³-hybridized carbons (Fsp3) is 0.154. The Labute approximate surface area is 93.5 Å². The smallest absolute Gasteiger partial charge is 0.159 e. The van der Waals surface area contributed by atoms with Crippen LogP contribution < -0.4 is 5.84 Å². The Balaban J connectivity index is 2.60. The molecule has 0 aliphatic carbocycles. The van der Waals surface area contributed by atoms with Crippen LogP contribution in [0, 0.1) is 13.8 Å². The first-order valence-electron chi connectivity index (χ1n) is 5.29. The summed E-state index contributed by atoms with van der Waals surface area (Å²) in [6.45, 7) is 4.13. The van der Waals surface area contributed by atoms with Crippen molar-refractivity contribution < 1.29 is 0 Å². The van der Waals surface area contributed by atoms with E-state index < -0.39 is 0 Å². The van der Waals surface area contributed by atoms with Crippen LogP contribution in [-0.4, -0.2) is 9.66 Å². The first-order valence-corrected chi connectivity index (χ1v) is 5.29. The molecule has 3 aromatic rings. The number of fused-ring (bicyclic) bond motifs is 3. The largest absolute Gasteiger partial charge is 0.337 e. The zero-order chi connectivity index (χ0) is 11.3. The minimum Gasteiger partial charge on any atom is -0.337 e. The van der Waals surface area contributed by atoms with Crippen LogP contribution in [0.15, 0.2) is 30.5 Å². The highest BCUT2D eigenvalue weighted by atomic mass is 15.3. The van der Waals surface area contributed by atoms with Gasteiger partial charge in [0.05, 0.1) is 5.52 Å². The first-order chi connectivity index (χ1) is 7.66. The summed E-state index contributed by atoms with van der Waals surface area (Å²) in [6, 6.07) is 8.40. The molecule has 3 heteroatoms. The zero-order valence-electron chi connectivity index (χ0n) is 9.36. The molecule has 3 rings (SSSR count). The molecule has 0 amide bonds. The van der Waals surface area contributed by atoms with Crippen molar-refractivity contribution in [3.63, 3.8) is 0 Å². The van der Waals surface area contributed by atoms with Crippen LogP contribution in [0.3, 0.4) is 0 Å². The molecule has 0 bridgehead atoms. The summed E-state index contributed by atoms with van der Waals surface area (Å²) in [7, 11) is 0. The van der Waals surface area contributed by atoms with Crippen molar-refractivity contribution in [3.05, 3.63) is 41.6 Å². The van der Waals surface area contributed by atoms with E-state index in [1.165, 1.54) is 10.9 Å². The number of rotatable bonds is 0. The van der Waals surface area contributed by atoms with Crippen LogP contribution >= 0.6 is 0 Å². The molecule has 0 unspecified atom stereocenters. The van der Waals surface area contributed by atoms with Crippen molar-refractivity contribution in [3.8, 4) is 0 Å². The second kappa shape index (κ2) is 2.98. The Morgan fingerprint density at radius 2 is 1.81 bits per heavy atom. The predicted octanol–water partition coefficient (Wildman–Crippen LogP) is 2.52. The van der Waals surface area contributed by atoms with Crippen LogP contribution in [0.4, 0.5) is 0 Å². The highest BCUT2D eigenvalue weighted by Gasteiger charge is 2.09. The minimum atomic E-state index is 0.839. The van der Waals surface area contributed by atoms with Gasteiger partial charge in [-0.1, -0.05) is 11.6 Å². The predicted molar refractivity (Wildman–Crippen MR) is 66.9 cm³/mol. The average molecular weight is 211 g/mol. The Morgan fingerprint density at radius 1 is 1.06 bits per heavy atom. The first kappa shape index (κ1) is 9.21. The van der Waals surface area contributed by atoms with Gasteiger partial charge in [0.1, 0.15) is 0 Å². The van der Waals surface area contributed by atoms with E-state index in [0.717, 1.165) is 22.1 Å². The van der Waals surface area contributed by atoms with Crippen molar-refractivity contribution in [2.75, 3.05) is 5.84 Å². The summed E-state index contributed by atoms with van der Waals surface area (Å²) in [5.41, 5.74) is 4.26. The summed E-state index contributed by atoms with van der Waals surface area (Å²) in [4.78, 5) is 4.39. The van der Waals surface area contributed by atoms with Gasteiger partial charge in [0.2, 0.25) is 0 Å². The highest BCUT2D eigenvalue weighted by Crippen LogP contribution is 2.27. The monoisotopic (exact) mass is 211 g/mol. The van der Waals surface area contributed by atoms with E-state index in [1.54, 1.807) is 4.68 Å². The molecule has 0 saturated carbocycles. The van der Waals surface area contributed by atoms with E-state index in [9.17, 15) is 0 Å². The Bertz CT molecular complexity index is 636. The molecular weight excluding hydrogens is 198 g/mol. The van der Waals surface area contributed by atoms with Gasteiger partial charge in [0.25, 0.3) is 0 Å². The van der Waals surface area contributed by atoms with Gasteiger partial charge in [-0.05, 0) is 37.6 Å². The van der Waals surface area contributed by atoms with E-state index in [0.29, 0.717) is 0 Å². The maximum atomic E-state index is 6.03.